The van der Waals surface area contributed by atoms with E-state index in [2.05, 4.69) is 10.3 Å². The van der Waals surface area contributed by atoms with Gasteiger partial charge in [-0.25, -0.2) is 0 Å². The highest BCUT2D eigenvalue weighted by Gasteiger charge is 2.25. The fourth-order valence-corrected chi connectivity index (χ4v) is 2.71. The summed E-state index contributed by atoms with van der Waals surface area (Å²) in [5.74, 6) is 0.888. The Morgan fingerprint density at radius 1 is 1.42 bits per heavy atom. The van der Waals surface area contributed by atoms with Crippen LogP contribution in [0, 0.1) is 12.8 Å². The molecule has 0 saturated heterocycles. The number of rotatable bonds is 6. The second-order valence-electron chi connectivity index (χ2n) is 6.28. The Balaban J connectivity index is 1.77. The second-order valence-corrected chi connectivity index (χ2v) is 6.28. The largest absolute Gasteiger partial charge is 0.504 e. The lowest BCUT2D eigenvalue weighted by Crippen LogP contribution is -2.24. The van der Waals surface area contributed by atoms with Crippen LogP contribution in [0.3, 0.4) is 0 Å². The first kappa shape index (κ1) is 16.3. The molecule has 0 atom stereocenters. The molecule has 126 valence electrons. The first-order valence-corrected chi connectivity index (χ1v) is 8.17. The molecule has 0 aliphatic heterocycles. The summed E-state index contributed by atoms with van der Waals surface area (Å²) in [4.78, 5) is 16.8. The molecule has 24 heavy (non-hydrogen) atoms. The maximum absolute atomic E-state index is 12.5. The number of hydrogen-bond acceptors (Lipinski definition) is 4. The molecular weight excluding hydrogens is 304 g/mol. The number of phenols is 1. The highest BCUT2D eigenvalue weighted by molar-refractivity contribution is 5.95. The van der Waals surface area contributed by atoms with Gasteiger partial charge in [0.1, 0.15) is 0 Å². The summed E-state index contributed by atoms with van der Waals surface area (Å²) in [5, 5.41) is 13.1. The molecule has 3 rings (SSSR count). The Morgan fingerprint density at radius 3 is 2.88 bits per heavy atom. The second kappa shape index (κ2) is 6.91. The van der Waals surface area contributed by atoms with Crippen LogP contribution in [-0.4, -0.2) is 23.1 Å². The number of carbonyl (C=O) groups excluding carboxylic acids is 1. The maximum Gasteiger partial charge on any atom is 0.251 e. The molecule has 1 amide bonds. The van der Waals surface area contributed by atoms with E-state index >= 15 is 0 Å². The van der Waals surface area contributed by atoms with Gasteiger partial charge < -0.3 is 15.2 Å². The van der Waals surface area contributed by atoms with E-state index in [1.807, 2.05) is 19.1 Å². The third-order valence-corrected chi connectivity index (χ3v) is 4.38. The van der Waals surface area contributed by atoms with Gasteiger partial charge in [0.2, 0.25) is 0 Å². The van der Waals surface area contributed by atoms with Crippen molar-refractivity contribution in [2.24, 2.45) is 5.92 Å². The highest BCUT2D eigenvalue weighted by atomic mass is 16.5. The zero-order valence-corrected chi connectivity index (χ0v) is 14.0. The minimum atomic E-state index is -0.199. The molecule has 1 aromatic carbocycles. The third-order valence-electron chi connectivity index (χ3n) is 4.38. The van der Waals surface area contributed by atoms with Gasteiger partial charge in [0.15, 0.2) is 11.5 Å². The number of benzene rings is 1. The molecule has 1 saturated carbocycles. The van der Waals surface area contributed by atoms with Crippen LogP contribution < -0.4 is 10.1 Å². The number of aryl methyl sites for hydroxylation is 1. The molecule has 5 heteroatoms. The van der Waals surface area contributed by atoms with Gasteiger partial charge in [-0.3, -0.25) is 9.78 Å². The van der Waals surface area contributed by atoms with E-state index in [1.165, 1.54) is 20.0 Å². The van der Waals surface area contributed by atoms with Crippen molar-refractivity contribution < 1.29 is 14.6 Å². The predicted molar refractivity (Wildman–Crippen MR) is 91.2 cm³/mol. The molecule has 2 N–H and O–H groups in total. The van der Waals surface area contributed by atoms with Crippen molar-refractivity contribution in [3.63, 3.8) is 0 Å². The molecule has 1 aliphatic rings. The van der Waals surface area contributed by atoms with Gasteiger partial charge in [-0.15, -0.1) is 0 Å². The third kappa shape index (κ3) is 3.67. The number of hydrogen-bond donors (Lipinski definition) is 2. The van der Waals surface area contributed by atoms with E-state index in [0.29, 0.717) is 23.8 Å². The Bertz CT molecular complexity index is 754. The number of phenolic OH excluding ortho intramolecular Hbond substituents is 1. The number of aromatic hydroxyl groups is 1. The number of aromatic nitrogens is 1. The van der Waals surface area contributed by atoms with Gasteiger partial charge in [0.25, 0.3) is 5.91 Å². The number of nitrogens with one attached hydrogen (secondary N) is 1. The van der Waals surface area contributed by atoms with Crippen LogP contribution in [-0.2, 0) is 13.0 Å². The zero-order valence-electron chi connectivity index (χ0n) is 14.0. The Labute approximate surface area is 141 Å². The van der Waals surface area contributed by atoms with Crippen molar-refractivity contribution in [2.45, 2.75) is 32.7 Å². The lowest BCUT2D eigenvalue weighted by Gasteiger charge is -2.12. The van der Waals surface area contributed by atoms with Crippen LogP contribution in [0.4, 0.5) is 0 Å². The van der Waals surface area contributed by atoms with Gasteiger partial charge in [-0.05, 0) is 61.4 Å². The van der Waals surface area contributed by atoms with Crippen LogP contribution in [0.25, 0.3) is 0 Å². The molecule has 1 aliphatic carbocycles. The minimum absolute atomic E-state index is 0.140. The molecular formula is C19H22N2O3. The Hall–Kier alpha value is -2.56. The summed E-state index contributed by atoms with van der Waals surface area (Å²) in [6.45, 7) is 2.33. The Kier molecular flexibility index (Phi) is 4.69. The number of ether oxygens (including phenoxy) is 1. The van der Waals surface area contributed by atoms with Gasteiger partial charge in [-0.2, -0.15) is 0 Å². The summed E-state index contributed by atoms with van der Waals surface area (Å²) in [6.07, 6.45) is 4.85. The highest BCUT2D eigenvalue weighted by Crippen LogP contribution is 2.39. The molecule has 2 aromatic rings. The van der Waals surface area contributed by atoms with Gasteiger partial charge >= 0.3 is 0 Å². The summed E-state index contributed by atoms with van der Waals surface area (Å²) in [7, 11) is 1.49. The minimum Gasteiger partial charge on any atom is -0.504 e. The summed E-state index contributed by atoms with van der Waals surface area (Å²) in [6, 6.07) is 7.17. The number of pyridine rings is 1. The Morgan fingerprint density at radius 2 is 2.21 bits per heavy atom. The fourth-order valence-electron chi connectivity index (χ4n) is 2.71. The van der Waals surface area contributed by atoms with Gasteiger partial charge in [0.05, 0.1) is 19.3 Å². The first-order valence-electron chi connectivity index (χ1n) is 8.17. The maximum atomic E-state index is 12.5. The van der Waals surface area contributed by atoms with Crippen LogP contribution >= 0.6 is 0 Å². The predicted octanol–water partition coefficient (Wildman–Crippen LogP) is 2.99. The standard InChI is InChI=1S/C19H22N2O3/c1-12-4-3-7-20-16(12)11-21-19(23)15-9-14(8-13-5-6-13)18(22)17(10-15)24-2/h3-4,7,9-10,13,22H,5-6,8,11H2,1-2H3,(H,21,23). The van der Waals surface area contributed by atoms with Crippen molar-refractivity contribution in [2.75, 3.05) is 7.11 Å². The lowest BCUT2D eigenvalue weighted by molar-refractivity contribution is 0.0950. The van der Waals surface area contributed by atoms with Crippen LogP contribution in [0.5, 0.6) is 11.5 Å². The van der Waals surface area contributed by atoms with Crippen LogP contribution in [0.15, 0.2) is 30.5 Å². The summed E-state index contributed by atoms with van der Waals surface area (Å²) >= 11 is 0. The normalized spacial score (nSPS) is 13.6. The van der Waals surface area contributed by atoms with Crippen molar-refractivity contribution in [3.8, 4) is 11.5 Å². The van der Waals surface area contributed by atoms with Gasteiger partial charge in [0, 0.05) is 11.8 Å². The van der Waals surface area contributed by atoms with Crippen molar-refractivity contribution in [1.82, 2.24) is 10.3 Å². The van der Waals surface area contributed by atoms with Crippen molar-refractivity contribution in [3.05, 3.63) is 52.8 Å². The van der Waals surface area contributed by atoms with Crippen LogP contribution in [0.1, 0.15) is 40.0 Å². The van der Waals surface area contributed by atoms with E-state index in [9.17, 15) is 9.90 Å². The lowest BCUT2D eigenvalue weighted by atomic mass is 10.0. The number of methoxy groups -OCH3 is 1. The number of amides is 1. The SMILES string of the molecule is COc1cc(C(=O)NCc2ncccc2C)cc(CC2CC2)c1O. The summed E-state index contributed by atoms with van der Waals surface area (Å²) in [5.41, 5.74) is 3.15. The fraction of sp³-hybridized carbons (Fsp3) is 0.368. The average molecular weight is 326 g/mol. The van der Waals surface area contributed by atoms with E-state index in [0.717, 1.165) is 23.2 Å². The molecule has 5 nitrogen and oxygen atoms in total. The molecule has 0 spiro atoms. The van der Waals surface area contributed by atoms with Crippen molar-refractivity contribution in [1.29, 1.82) is 0 Å². The summed E-state index contributed by atoms with van der Waals surface area (Å²) < 4.78 is 5.22. The van der Waals surface area contributed by atoms with E-state index in [1.54, 1.807) is 18.3 Å². The zero-order chi connectivity index (χ0) is 17.1. The average Bonchev–Trinajstić information content (AvgIpc) is 3.39. The number of nitrogens with zero attached hydrogens (tertiary/aromatic N) is 1. The quantitative estimate of drug-likeness (QED) is 0.856. The first-order chi connectivity index (χ1) is 11.6. The van der Waals surface area contributed by atoms with Gasteiger partial charge in [-0.1, -0.05) is 6.07 Å². The molecule has 0 unspecified atom stereocenters. The van der Waals surface area contributed by atoms with E-state index in [-0.39, 0.29) is 11.7 Å². The smallest absolute Gasteiger partial charge is 0.251 e. The molecule has 1 heterocycles. The van der Waals surface area contributed by atoms with Crippen LogP contribution in [0.2, 0.25) is 0 Å². The topological polar surface area (TPSA) is 71.5 Å². The number of carbonyl (C=O) groups is 1. The molecule has 1 aromatic heterocycles. The monoisotopic (exact) mass is 326 g/mol. The van der Waals surface area contributed by atoms with Crippen molar-refractivity contribution >= 4 is 5.91 Å². The van der Waals surface area contributed by atoms with E-state index < -0.39 is 0 Å². The molecule has 0 radical (unpaired) electrons. The van der Waals surface area contributed by atoms with E-state index in [4.69, 9.17) is 4.74 Å². The molecule has 0 bridgehead atoms. The molecule has 1 fully saturated rings.